The zero-order chi connectivity index (χ0) is 48.6. The maximum absolute atomic E-state index is 13.7. The van der Waals surface area contributed by atoms with Crippen LogP contribution in [0.5, 0.6) is 0 Å². The van der Waals surface area contributed by atoms with E-state index in [4.69, 9.17) is 14.2 Å². The molecule has 0 atom stereocenters. The average Bonchev–Trinajstić information content (AvgIpc) is 3.30. The van der Waals surface area contributed by atoms with Gasteiger partial charge in [0.1, 0.15) is 18.3 Å². The molecule has 0 aromatic carbocycles. The lowest BCUT2D eigenvalue weighted by molar-refractivity contribution is -0.151. The van der Waals surface area contributed by atoms with Gasteiger partial charge < -0.3 is 24.0 Å². The molecule has 0 N–H and O–H groups in total. The van der Waals surface area contributed by atoms with Crippen LogP contribution in [0.25, 0.3) is 0 Å². The summed E-state index contributed by atoms with van der Waals surface area (Å²) in [6.45, 7) is 13.8. The van der Waals surface area contributed by atoms with Gasteiger partial charge in [-0.15, -0.1) is 0 Å². The van der Waals surface area contributed by atoms with E-state index in [0.29, 0.717) is 12.8 Å². The molecule has 0 radical (unpaired) electrons. The maximum Gasteiger partial charge on any atom is 0.410 e. The van der Waals surface area contributed by atoms with Gasteiger partial charge in [0.05, 0.1) is 0 Å². The van der Waals surface area contributed by atoms with Crippen LogP contribution in [0.1, 0.15) is 304 Å². The number of unbranched alkanes of at least 4 members (excludes halogenated alkanes) is 26. The van der Waals surface area contributed by atoms with Gasteiger partial charge in [-0.25, -0.2) is 4.79 Å². The lowest BCUT2D eigenvalue weighted by Gasteiger charge is -2.26. The van der Waals surface area contributed by atoms with E-state index in [1.807, 2.05) is 4.90 Å². The number of carbonyl (C=O) groups is 3. The van der Waals surface area contributed by atoms with Crippen molar-refractivity contribution in [2.24, 2.45) is 0 Å². The predicted octanol–water partition coefficient (Wildman–Crippen LogP) is 17.7. The fourth-order valence-corrected chi connectivity index (χ4v) is 9.14. The van der Waals surface area contributed by atoms with Crippen LogP contribution in [0, 0.1) is 0 Å². The maximum atomic E-state index is 13.7. The Labute approximate surface area is 411 Å². The molecule has 0 rings (SSSR count). The molecule has 0 heterocycles. The minimum atomic E-state index is -0.117. The highest BCUT2D eigenvalue weighted by Crippen LogP contribution is 2.22. The SMILES string of the molecule is CCCCCCC(CCCCCC)OC(=O)CCCCCCCCC(CCCCCCCCC(=O)OC(CCCCCC)CCCCCC)OC(=O)N(CCCCCC)CCCCN(C)C. The zero-order valence-electron chi connectivity index (χ0n) is 45.4. The molecule has 66 heavy (non-hydrogen) atoms. The minimum Gasteiger partial charge on any atom is -0.462 e. The number of esters is 2. The third-order valence-corrected chi connectivity index (χ3v) is 13.5. The molecule has 392 valence electrons. The van der Waals surface area contributed by atoms with E-state index in [1.165, 1.54) is 89.9 Å². The first kappa shape index (κ1) is 64.2. The molecule has 0 aromatic heterocycles. The Morgan fingerprint density at radius 3 is 0.909 bits per heavy atom. The first-order chi connectivity index (χ1) is 32.2. The van der Waals surface area contributed by atoms with E-state index in [0.717, 1.165) is 187 Å². The highest BCUT2D eigenvalue weighted by atomic mass is 16.6. The molecule has 0 unspecified atom stereocenters. The van der Waals surface area contributed by atoms with E-state index in [1.54, 1.807) is 0 Å². The van der Waals surface area contributed by atoms with Crippen molar-refractivity contribution in [3.05, 3.63) is 0 Å². The van der Waals surface area contributed by atoms with Gasteiger partial charge in [0.2, 0.25) is 0 Å². The van der Waals surface area contributed by atoms with Gasteiger partial charge in [-0.05, 0) is 130 Å². The van der Waals surface area contributed by atoms with Crippen LogP contribution in [0.2, 0.25) is 0 Å². The molecule has 8 nitrogen and oxygen atoms in total. The molecule has 0 aliphatic rings. The molecule has 0 aliphatic heterocycles. The van der Waals surface area contributed by atoms with Crippen molar-refractivity contribution in [1.29, 1.82) is 0 Å². The summed E-state index contributed by atoms with van der Waals surface area (Å²) in [5.74, 6) is -0.00418. The summed E-state index contributed by atoms with van der Waals surface area (Å²) in [5.41, 5.74) is 0. The predicted molar refractivity (Wildman–Crippen MR) is 282 cm³/mol. The lowest BCUT2D eigenvalue weighted by atomic mass is 10.0. The van der Waals surface area contributed by atoms with Gasteiger partial charge in [0.15, 0.2) is 0 Å². The standard InChI is InChI=1S/C58H114N2O6/c1-8-13-18-31-42-53(43-32-19-14-9-2)64-56(61)48-37-29-25-23-27-35-46-55(66-58(63)60(51-39-22-17-12-5)52-41-40-50-59(6)7)47-36-28-24-26-30-38-49-57(62)65-54(44-33-20-15-10-3)45-34-21-16-11-4/h53-55H,8-52H2,1-7H3. The van der Waals surface area contributed by atoms with Crippen LogP contribution in [-0.2, 0) is 23.8 Å². The second-order valence-corrected chi connectivity index (χ2v) is 20.5. The smallest absolute Gasteiger partial charge is 0.410 e. The lowest BCUT2D eigenvalue weighted by Crippen LogP contribution is -2.36. The van der Waals surface area contributed by atoms with Crippen LogP contribution in [-0.4, -0.2) is 79.9 Å². The average molecular weight is 936 g/mol. The minimum absolute atomic E-state index is 0.00209. The van der Waals surface area contributed by atoms with Crippen LogP contribution in [0.15, 0.2) is 0 Å². The molecule has 0 saturated heterocycles. The number of rotatable bonds is 51. The molecule has 0 aliphatic carbocycles. The van der Waals surface area contributed by atoms with E-state index in [2.05, 4.69) is 53.6 Å². The van der Waals surface area contributed by atoms with E-state index >= 15 is 0 Å². The van der Waals surface area contributed by atoms with Gasteiger partial charge in [-0.3, -0.25) is 9.59 Å². The van der Waals surface area contributed by atoms with E-state index in [-0.39, 0.29) is 36.3 Å². The third kappa shape index (κ3) is 43.5. The van der Waals surface area contributed by atoms with Crippen molar-refractivity contribution in [3.8, 4) is 0 Å². The molecule has 0 saturated carbocycles. The Balaban J connectivity index is 4.98. The van der Waals surface area contributed by atoms with E-state index < -0.39 is 0 Å². The number of hydrogen-bond donors (Lipinski definition) is 0. The first-order valence-corrected chi connectivity index (χ1v) is 29.2. The summed E-state index contributed by atoms with van der Waals surface area (Å²) in [6, 6.07) is 0. The summed E-state index contributed by atoms with van der Waals surface area (Å²) in [6.07, 6.45) is 46.1. The van der Waals surface area contributed by atoms with E-state index in [9.17, 15) is 14.4 Å². The highest BCUT2D eigenvalue weighted by molar-refractivity contribution is 5.70. The van der Waals surface area contributed by atoms with Crippen LogP contribution < -0.4 is 0 Å². The monoisotopic (exact) mass is 935 g/mol. The molecule has 0 spiro atoms. The molecule has 0 aromatic rings. The number of nitrogens with zero attached hydrogens (tertiary/aromatic N) is 2. The Kier molecular flexibility index (Phi) is 48.2. The summed E-state index contributed by atoms with van der Waals surface area (Å²) in [5, 5.41) is 0. The van der Waals surface area contributed by atoms with Crippen molar-refractivity contribution in [2.45, 2.75) is 323 Å². The third-order valence-electron chi connectivity index (χ3n) is 13.5. The molecular weight excluding hydrogens is 821 g/mol. The van der Waals surface area contributed by atoms with Crippen molar-refractivity contribution in [2.75, 3.05) is 33.7 Å². The number of hydrogen-bond acceptors (Lipinski definition) is 7. The fraction of sp³-hybridized carbons (Fsp3) is 0.948. The van der Waals surface area contributed by atoms with Crippen molar-refractivity contribution in [1.82, 2.24) is 9.80 Å². The summed E-state index contributed by atoms with van der Waals surface area (Å²) < 4.78 is 18.4. The van der Waals surface area contributed by atoms with Gasteiger partial charge in [0, 0.05) is 25.9 Å². The summed E-state index contributed by atoms with van der Waals surface area (Å²) in [4.78, 5) is 43.5. The summed E-state index contributed by atoms with van der Waals surface area (Å²) >= 11 is 0. The zero-order valence-corrected chi connectivity index (χ0v) is 45.4. The van der Waals surface area contributed by atoms with Crippen molar-refractivity contribution < 1.29 is 28.6 Å². The van der Waals surface area contributed by atoms with Crippen LogP contribution in [0.4, 0.5) is 4.79 Å². The van der Waals surface area contributed by atoms with Crippen molar-refractivity contribution >= 4 is 18.0 Å². The number of amides is 1. The van der Waals surface area contributed by atoms with Gasteiger partial charge in [-0.2, -0.15) is 0 Å². The molecule has 0 fully saturated rings. The Morgan fingerprint density at radius 1 is 0.318 bits per heavy atom. The largest absolute Gasteiger partial charge is 0.462 e. The van der Waals surface area contributed by atoms with Gasteiger partial charge in [-0.1, -0.05) is 182 Å². The van der Waals surface area contributed by atoms with Gasteiger partial charge in [0.25, 0.3) is 0 Å². The Bertz CT molecular complexity index is 973. The molecule has 0 bridgehead atoms. The Hall–Kier alpha value is -1.83. The summed E-state index contributed by atoms with van der Waals surface area (Å²) in [7, 11) is 4.22. The second-order valence-electron chi connectivity index (χ2n) is 20.5. The molecular formula is C58H114N2O6. The number of carbonyl (C=O) groups excluding carboxylic acids is 3. The second kappa shape index (κ2) is 49.6. The van der Waals surface area contributed by atoms with Crippen molar-refractivity contribution in [3.63, 3.8) is 0 Å². The highest BCUT2D eigenvalue weighted by Gasteiger charge is 2.21. The quantitative estimate of drug-likeness (QED) is 0.0341. The molecule has 8 heteroatoms. The molecule has 1 amide bonds. The van der Waals surface area contributed by atoms with Crippen LogP contribution in [0.3, 0.4) is 0 Å². The fourth-order valence-electron chi connectivity index (χ4n) is 9.14. The normalized spacial score (nSPS) is 11.7. The Morgan fingerprint density at radius 2 is 0.576 bits per heavy atom. The topological polar surface area (TPSA) is 85.4 Å². The van der Waals surface area contributed by atoms with Gasteiger partial charge >= 0.3 is 18.0 Å². The first-order valence-electron chi connectivity index (χ1n) is 29.2. The van der Waals surface area contributed by atoms with Crippen LogP contribution >= 0.6 is 0 Å². The number of ether oxygens (including phenoxy) is 3.